The molecule has 2 N–H and O–H groups in total. The van der Waals surface area contributed by atoms with Crippen molar-refractivity contribution in [3.8, 4) is 0 Å². The molecule has 1 aliphatic rings. The zero-order valence-electron chi connectivity index (χ0n) is 16.6. The van der Waals surface area contributed by atoms with Gasteiger partial charge in [-0.1, -0.05) is 6.92 Å². The molecular formula is C21H31N5. The molecule has 1 saturated heterocycles. The van der Waals surface area contributed by atoms with Gasteiger partial charge in [0.1, 0.15) is 5.82 Å². The van der Waals surface area contributed by atoms with Crippen LogP contribution in [0.5, 0.6) is 0 Å². The monoisotopic (exact) mass is 353 g/mol. The molecule has 3 rings (SSSR count). The third-order valence-electron chi connectivity index (χ3n) is 4.63. The predicted octanol–water partition coefficient (Wildman–Crippen LogP) is 4.98. The van der Waals surface area contributed by atoms with Gasteiger partial charge in [0.2, 0.25) is 5.95 Å². The van der Waals surface area contributed by atoms with Crippen molar-refractivity contribution in [1.82, 2.24) is 9.97 Å². The Bertz CT molecular complexity index is 725. The fourth-order valence-corrected chi connectivity index (χ4v) is 3.22. The minimum Gasteiger partial charge on any atom is -0.372 e. The topological polar surface area (TPSA) is 53.1 Å². The van der Waals surface area contributed by atoms with Crippen LogP contribution in [-0.4, -0.2) is 28.6 Å². The summed E-state index contributed by atoms with van der Waals surface area (Å²) in [6, 6.07) is 10.5. The highest BCUT2D eigenvalue weighted by atomic mass is 15.2. The molecule has 1 aromatic carbocycles. The van der Waals surface area contributed by atoms with Crippen molar-refractivity contribution in [2.45, 2.75) is 53.0 Å². The number of hydrogen-bond acceptors (Lipinski definition) is 5. The minimum absolute atomic E-state index is 0.0361. The van der Waals surface area contributed by atoms with Gasteiger partial charge in [0.15, 0.2) is 0 Å². The maximum absolute atomic E-state index is 4.59. The number of hydrogen-bond donors (Lipinski definition) is 2. The number of nitrogens with one attached hydrogen (secondary N) is 2. The summed E-state index contributed by atoms with van der Waals surface area (Å²) in [5.41, 5.74) is 3.20. The number of aromatic nitrogens is 2. The number of nitrogens with zero attached hydrogens (tertiary/aromatic N) is 3. The standard InChI is InChI=1S/C21H31N5/c1-15-10-12-26(13-11-15)18-8-6-17(7-9-18)23-20-22-16(2)14-19(24-20)25-21(3,4)5/h6-9,14-15H,10-13H2,1-5H3,(H2,22,23,24,25). The first kappa shape index (κ1) is 18.5. The number of anilines is 4. The summed E-state index contributed by atoms with van der Waals surface area (Å²) in [7, 11) is 0. The molecule has 0 spiro atoms. The van der Waals surface area contributed by atoms with Crippen LogP contribution in [0.2, 0.25) is 0 Å². The summed E-state index contributed by atoms with van der Waals surface area (Å²) in [6.45, 7) is 13.0. The van der Waals surface area contributed by atoms with E-state index < -0.39 is 0 Å². The van der Waals surface area contributed by atoms with Crippen molar-refractivity contribution in [3.05, 3.63) is 36.0 Å². The molecule has 5 nitrogen and oxygen atoms in total. The van der Waals surface area contributed by atoms with Gasteiger partial charge in [0.25, 0.3) is 0 Å². The Morgan fingerprint density at radius 2 is 1.69 bits per heavy atom. The average molecular weight is 354 g/mol. The van der Waals surface area contributed by atoms with E-state index in [2.05, 4.69) is 77.5 Å². The van der Waals surface area contributed by atoms with E-state index >= 15 is 0 Å². The molecule has 0 atom stereocenters. The van der Waals surface area contributed by atoms with Crippen LogP contribution in [0, 0.1) is 12.8 Å². The number of rotatable bonds is 4. The van der Waals surface area contributed by atoms with Gasteiger partial charge in [-0.05, 0) is 70.7 Å². The van der Waals surface area contributed by atoms with E-state index in [4.69, 9.17) is 0 Å². The van der Waals surface area contributed by atoms with Gasteiger partial charge >= 0.3 is 0 Å². The molecule has 2 heterocycles. The van der Waals surface area contributed by atoms with E-state index in [0.717, 1.165) is 36.2 Å². The number of benzene rings is 1. The summed E-state index contributed by atoms with van der Waals surface area (Å²) < 4.78 is 0. The fraction of sp³-hybridized carbons (Fsp3) is 0.524. The molecule has 0 aliphatic carbocycles. The summed E-state index contributed by atoms with van der Waals surface area (Å²) >= 11 is 0. The number of piperidine rings is 1. The van der Waals surface area contributed by atoms with Crippen LogP contribution >= 0.6 is 0 Å². The molecule has 1 aromatic heterocycles. The highest BCUT2D eigenvalue weighted by molar-refractivity contribution is 5.60. The highest BCUT2D eigenvalue weighted by Gasteiger charge is 2.16. The average Bonchev–Trinajstić information content (AvgIpc) is 2.54. The van der Waals surface area contributed by atoms with E-state index in [1.165, 1.54) is 18.5 Å². The third kappa shape index (κ3) is 5.10. The summed E-state index contributed by atoms with van der Waals surface area (Å²) in [4.78, 5) is 11.6. The normalized spacial score (nSPS) is 15.8. The Hall–Kier alpha value is -2.30. The van der Waals surface area contributed by atoms with E-state index in [1.54, 1.807) is 0 Å². The molecule has 5 heteroatoms. The highest BCUT2D eigenvalue weighted by Crippen LogP contribution is 2.25. The van der Waals surface area contributed by atoms with Crippen molar-refractivity contribution in [2.24, 2.45) is 5.92 Å². The summed E-state index contributed by atoms with van der Waals surface area (Å²) in [5, 5.41) is 6.73. The third-order valence-corrected chi connectivity index (χ3v) is 4.63. The molecule has 1 fully saturated rings. The lowest BCUT2D eigenvalue weighted by molar-refractivity contribution is 0.438. The molecule has 1 aliphatic heterocycles. The molecule has 0 amide bonds. The smallest absolute Gasteiger partial charge is 0.229 e. The lowest BCUT2D eigenvalue weighted by Gasteiger charge is -2.32. The van der Waals surface area contributed by atoms with Crippen LogP contribution in [0.3, 0.4) is 0 Å². The van der Waals surface area contributed by atoms with Gasteiger partial charge in [-0.3, -0.25) is 0 Å². The van der Waals surface area contributed by atoms with Gasteiger partial charge in [0, 0.05) is 41.8 Å². The van der Waals surface area contributed by atoms with Crippen LogP contribution in [0.4, 0.5) is 23.1 Å². The van der Waals surface area contributed by atoms with E-state index in [1.807, 2.05) is 13.0 Å². The van der Waals surface area contributed by atoms with Crippen molar-refractivity contribution in [2.75, 3.05) is 28.6 Å². The first-order chi connectivity index (χ1) is 12.3. The van der Waals surface area contributed by atoms with E-state index in [9.17, 15) is 0 Å². The second-order valence-corrected chi connectivity index (χ2v) is 8.43. The minimum atomic E-state index is -0.0361. The lowest BCUT2D eigenvalue weighted by atomic mass is 9.99. The van der Waals surface area contributed by atoms with Gasteiger partial charge in [-0.2, -0.15) is 4.98 Å². The van der Waals surface area contributed by atoms with Crippen LogP contribution < -0.4 is 15.5 Å². The van der Waals surface area contributed by atoms with Gasteiger partial charge in [-0.25, -0.2) is 4.98 Å². The van der Waals surface area contributed by atoms with E-state index in [0.29, 0.717) is 5.95 Å². The van der Waals surface area contributed by atoms with Crippen LogP contribution in [0.15, 0.2) is 30.3 Å². The molecular weight excluding hydrogens is 322 g/mol. The molecule has 0 unspecified atom stereocenters. The quantitative estimate of drug-likeness (QED) is 0.812. The largest absolute Gasteiger partial charge is 0.372 e. The fourth-order valence-electron chi connectivity index (χ4n) is 3.22. The van der Waals surface area contributed by atoms with Crippen molar-refractivity contribution >= 4 is 23.1 Å². The van der Waals surface area contributed by atoms with Gasteiger partial charge in [0.05, 0.1) is 0 Å². The van der Waals surface area contributed by atoms with Crippen molar-refractivity contribution < 1.29 is 0 Å². The second kappa shape index (κ2) is 7.52. The first-order valence-corrected chi connectivity index (χ1v) is 9.54. The summed E-state index contributed by atoms with van der Waals surface area (Å²) in [5.74, 6) is 2.31. The zero-order valence-corrected chi connectivity index (χ0v) is 16.6. The summed E-state index contributed by atoms with van der Waals surface area (Å²) in [6.07, 6.45) is 2.56. The zero-order chi connectivity index (χ0) is 18.7. The molecule has 2 aromatic rings. The molecule has 26 heavy (non-hydrogen) atoms. The van der Waals surface area contributed by atoms with Crippen molar-refractivity contribution in [3.63, 3.8) is 0 Å². The number of aryl methyl sites for hydroxylation is 1. The van der Waals surface area contributed by atoms with Crippen LogP contribution in [0.1, 0.15) is 46.2 Å². The lowest BCUT2D eigenvalue weighted by Crippen LogP contribution is -2.32. The van der Waals surface area contributed by atoms with Crippen molar-refractivity contribution in [1.29, 1.82) is 0 Å². The van der Waals surface area contributed by atoms with E-state index in [-0.39, 0.29) is 5.54 Å². The van der Waals surface area contributed by atoms with Crippen LogP contribution in [-0.2, 0) is 0 Å². The SMILES string of the molecule is Cc1cc(NC(C)(C)C)nc(Nc2ccc(N3CCC(C)CC3)cc2)n1. The molecule has 140 valence electrons. The maximum Gasteiger partial charge on any atom is 0.229 e. The molecule has 0 radical (unpaired) electrons. The Morgan fingerprint density at radius 3 is 2.31 bits per heavy atom. The maximum atomic E-state index is 4.59. The molecule has 0 saturated carbocycles. The van der Waals surface area contributed by atoms with Crippen LogP contribution in [0.25, 0.3) is 0 Å². The Morgan fingerprint density at radius 1 is 1.04 bits per heavy atom. The molecule has 0 bridgehead atoms. The Labute approximate surface area is 157 Å². The Balaban J connectivity index is 1.69. The van der Waals surface area contributed by atoms with Gasteiger partial charge < -0.3 is 15.5 Å². The first-order valence-electron chi connectivity index (χ1n) is 9.54. The predicted molar refractivity (Wildman–Crippen MR) is 110 cm³/mol. The van der Waals surface area contributed by atoms with Gasteiger partial charge in [-0.15, -0.1) is 0 Å². The second-order valence-electron chi connectivity index (χ2n) is 8.43. The Kier molecular flexibility index (Phi) is 5.35.